The molecule has 1 amide bonds. The summed E-state index contributed by atoms with van der Waals surface area (Å²) in [6, 6.07) is 7.39. The summed E-state index contributed by atoms with van der Waals surface area (Å²) in [7, 11) is 0. The fourth-order valence-corrected chi connectivity index (χ4v) is 2.92. The summed E-state index contributed by atoms with van der Waals surface area (Å²) in [5, 5.41) is 12.9. The molecular formula is C14H14ClN3O2S. The molecule has 0 spiro atoms. The minimum absolute atomic E-state index is 0.0381. The standard InChI is InChI=1S/C14H14ClN3O2S/c15-11-4-2-1-3-10(11)7-20-8-12(19)16-14-18-17-13(21-14)9-5-6-9/h1-4,9H,5-8H2,(H,16,18,19). The van der Waals surface area contributed by atoms with Crippen molar-refractivity contribution in [2.75, 3.05) is 11.9 Å². The van der Waals surface area contributed by atoms with Gasteiger partial charge in [-0.25, -0.2) is 0 Å². The Hall–Kier alpha value is -1.50. The Morgan fingerprint density at radius 1 is 1.38 bits per heavy atom. The maximum Gasteiger partial charge on any atom is 0.252 e. The number of ether oxygens (including phenoxy) is 1. The molecule has 5 nitrogen and oxygen atoms in total. The number of aromatic nitrogens is 2. The molecule has 1 heterocycles. The Labute approximate surface area is 131 Å². The number of carbonyl (C=O) groups excluding carboxylic acids is 1. The van der Waals surface area contributed by atoms with Gasteiger partial charge < -0.3 is 4.74 Å². The summed E-state index contributed by atoms with van der Waals surface area (Å²) in [6.45, 7) is 0.264. The van der Waals surface area contributed by atoms with Crippen LogP contribution in [0.1, 0.15) is 29.3 Å². The SMILES string of the molecule is O=C(COCc1ccccc1Cl)Nc1nnc(C2CC2)s1. The molecular weight excluding hydrogens is 310 g/mol. The summed E-state index contributed by atoms with van der Waals surface area (Å²) in [4.78, 5) is 11.8. The highest BCUT2D eigenvalue weighted by atomic mass is 35.5. The first-order valence-corrected chi connectivity index (χ1v) is 7.86. The molecule has 1 aliphatic carbocycles. The van der Waals surface area contributed by atoms with Crippen molar-refractivity contribution in [2.24, 2.45) is 0 Å². The number of halogens is 1. The molecule has 0 unspecified atom stereocenters. The molecule has 2 aromatic rings. The van der Waals surface area contributed by atoms with Crippen molar-refractivity contribution in [3.8, 4) is 0 Å². The van der Waals surface area contributed by atoms with E-state index in [1.807, 2.05) is 18.2 Å². The molecule has 1 aromatic heterocycles. The van der Waals surface area contributed by atoms with Gasteiger partial charge in [-0.3, -0.25) is 10.1 Å². The van der Waals surface area contributed by atoms with E-state index in [4.69, 9.17) is 16.3 Å². The smallest absolute Gasteiger partial charge is 0.252 e. The van der Waals surface area contributed by atoms with Crippen molar-refractivity contribution < 1.29 is 9.53 Å². The lowest BCUT2D eigenvalue weighted by Gasteiger charge is -2.05. The maximum atomic E-state index is 11.8. The monoisotopic (exact) mass is 323 g/mol. The number of benzene rings is 1. The van der Waals surface area contributed by atoms with E-state index in [-0.39, 0.29) is 12.5 Å². The van der Waals surface area contributed by atoms with Crippen LogP contribution in [0.4, 0.5) is 5.13 Å². The van der Waals surface area contributed by atoms with Crippen molar-refractivity contribution in [3.63, 3.8) is 0 Å². The molecule has 0 radical (unpaired) electrons. The van der Waals surface area contributed by atoms with Crippen molar-refractivity contribution in [3.05, 3.63) is 39.9 Å². The van der Waals surface area contributed by atoms with Crippen molar-refractivity contribution in [1.82, 2.24) is 10.2 Å². The second-order valence-electron chi connectivity index (χ2n) is 4.85. The van der Waals surface area contributed by atoms with Crippen LogP contribution in [-0.4, -0.2) is 22.7 Å². The average molecular weight is 324 g/mol. The van der Waals surface area contributed by atoms with Crippen molar-refractivity contribution in [2.45, 2.75) is 25.4 Å². The van der Waals surface area contributed by atoms with Crippen molar-refractivity contribution in [1.29, 1.82) is 0 Å². The zero-order valence-electron chi connectivity index (χ0n) is 11.2. The Morgan fingerprint density at radius 2 is 2.19 bits per heavy atom. The largest absolute Gasteiger partial charge is 0.367 e. The predicted octanol–water partition coefficient (Wildman–Crippen LogP) is 3.22. The van der Waals surface area contributed by atoms with Crippen LogP contribution < -0.4 is 5.32 Å². The van der Waals surface area contributed by atoms with Crippen LogP contribution in [0.3, 0.4) is 0 Å². The summed E-state index contributed by atoms with van der Waals surface area (Å²) in [5.74, 6) is 0.310. The number of nitrogens with one attached hydrogen (secondary N) is 1. The lowest BCUT2D eigenvalue weighted by Crippen LogP contribution is -2.18. The van der Waals surface area contributed by atoms with Crippen LogP contribution >= 0.6 is 22.9 Å². The first kappa shape index (κ1) is 14.4. The second-order valence-corrected chi connectivity index (χ2v) is 6.27. The number of hydrogen-bond acceptors (Lipinski definition) is 5. The summed E-state index contributed by atoms with van der Waals surface area (Å²) < 4.78 is 5.36. The van der Waals surface area contributed by atoms with Crippen LogP contribution in [0.5, 0.6) is 0 Å². The molecule has 0 atom stereocenters. The first-order chi connectivity index (χ1) is 10.2. The predicted molar refractivity (Wildman–Crippen MR) is 81.6 cm³/mol. The van der Waals surface area contributed by atoms with Gasteiger partial charge in [0.1, 0.15) is 11.6 Å². The molecule has 1 aliphatic rings. The van der Waals surface area contributed by atoms with Gasteiger partial charge >= 0.3 is 0 Å². The van der Waals surface area contributed by atoms with Gasteiger partial charge in [0.15, 0.2) is 0 Å². The highest BCUT2D eigenvalue weighted by Crippen LogP contribution is 2.41. The number of carbonyl (C=O) groups is 1. The average Bonchev–Trinajstić information content (AvgIpc) is 3.22. The number of amides is 1. The molecule has 7 heteroatoms. The lowest BCUT2D eigenvalue weighted by atomic mass is 10.2. The number of hydrogen-bond donors (Lipinski definition) is 1. The van der Waals surface area contributed by atoms with Gasteiger partial charge in [0.25, 0.3) is 5.91 Å². The zero-order chi connectivity index (χ0) is 14.7. The van der Waals surface area contributed by atoms with Gasteiger partial charge in [0.2, 0.25) is 5.13 Å². The van der Waals surface area contributed by atoms with Crippen LogP contribution in [-0.2, 0) is 16.1 Å². The Morgan fingerprint density at radius 3 is 2.95 bits per heavy atom. The maximum absolute atomic E-state index is 11.8. The fourth-order valence-electron chi connectivity index (χ4n) is 1.80. The first-order valence-electron chi connectivity index (χ1n) is 6.67. The van der Waals surface area contributed by atoms with E-state index in [9.17, 15) is 4.79 Å². The number of rotatable bonds is 6. The van der Waals surface area contributed by atoms with E-state index >= 15 is 0 Å². The molecule has 21 heavy (non-hydrogen) atoms. The van der Waals surface area contributed by atoms with Crippen molar-refractivity contribution >= 4 is 34.0 Å². The normalized spacial score (nSPS) is 14.1. The third kappa shape index (κ3) is 4.00. The number of anilines is 1. The Balaban J connectivity index is 1.44. The lowest BCUT2D eigenvalue weighted by molar-refractivity contribution is -0.121. The summed E-state index contributed by atoms with van der Waals surface area (Å²) in [5.41, 5.74) is 0.860. The molecule has 1 fully saturated rings. The third-order valence-electron chi connectivity index (χ3n) is 3.06. The van der Waals surface area contributed by atoms with E-state index in [0.717, 1.165) is 10.6 Å². The van der Waals surface area contributed by atoms with Crippen LogP contribution in [0.15, 0.2) is 24.3 Å². The summed E-state index contributed by atoms with van der Waals surface area (Å²) in [6.07, 6.45) is 2.34. The van der Waals surface area contributed by atoms with Gasteiger partial charge in [0.05, 0.1) is 6.61 Å². The van der Waals surface area contributed by atoms with E-state index in [2.05, 4.69) is 15.5 Å². The van der Waals surface area contributed by atoms with Crippen LogP contribution in [0, 0.1) is 0 Å². The van der Waals surface area contributed by atoms with Gasteiger partial charge in [-0.2, -0.15) is 0 Å². The van der Waals surface area contributed by atoms with E-state index in [1.54, 1.807) is 6.07 Å². The van der Waals surface area contributed by atoms with Gasteiger partial charge in [-0.05, 0) is 24.5 Å². The van der Waals surface area contributed by atoms with Gasteiger partial charge in [0, 0.05) is 10.9 Å². The molecule has 0 aliphatic heterocycles. The third-order valence-corrected chi connectivity index (χ3v) is 4.43. The highest BCUT2D eigenvalue weighted by Gasteiger charge is 2.27. The van der Waals surface area contributed by atoms with Crippen LogP contribution in [0.25, 0.3) is 0 Å². The topological polar surface area (TPSA) is 64.1 Å². The molecule has 1 saturated carbocycles. The van der Waals surface area contributed by atoms with Crippen LogP contribution in [0.2, 0.25) is 5.02 Å². The fraction of sp³-hybridized carbons (Fsp3) is 0.357. The molecule has 1 aromatic carbocycles. The molecule has 110 valence electrons. The minimum Gasteiger partial charge on any atom is -0.367 e. The zero-order valence-corrected chi connectivity index (χ0v) is 12.8. The van der Waals surface area contributed by atoms with E-state index in [0.29, 0.717) is 22.7 Å². The molecule has 1 N–H and O–H groups in total. The van der Waals surface area contributed by atoms with Gasteiger partial charge in [-0.15, -0.1) is 10.2 Å². The summed E-state index contributed by atoms with van der Waals surface area (Å²) >= 11 is 7.44. The van der Waals surface area contributed by atoms with E-state index in [1.165, 1.54) is 24.2 Å². The molecule has 0 bridgehead atoms. The number of nitrogens with zero attached hydrogens (tertiary/aromatic N) is 2. The highest BCUT2D eigenvalue weighted by molar-refractivity contribution is 7.15. The molecule has 3 rings (SSSR count). The second kappa shape index (κ2) is 6.51. The quantitative estimate of drug-likeness (QED) is 0.886. The Kier molecular flexibility index (Phi) is 4.48. The van der Waals surface area contributed by atoms with Gasteiger partial charge in [-0.1, -0.05) is 41.1 Å². The Bertz CT molecular complexity index is 643. The molecule has 0 saturated heterocycles. The van der Waals surface area contributed by atoms with E-state index < -0.39 is 0 Å². The minimum atomic E-state index is -0.236.